The molecule has 0 amide bonds. The fourth-order valence-electron chi connectivity index (χ4n) is 3.71. The molecule has 0 bridgehead atoms. The van der Waals surface area contributed by atoms with Gasteiger partial charge in [0.2, 0.25) is 10.0 Å². The summed E-state index contributed by atoms with van der Waals surface area (Å²) < 4.78 is 28.0. The Bertz CT molecular complexity index is 836. The molecule has 3 rings (SSSR count). The van der Waals surface area contributed by atoms with Gasteiger partial charge in [-0.15, -0.1) is 0 Å². The summed E-state index contributed by atoms with van der Waals surface area (Å²) in [4.78, 5) is 6.53. The highest BCUT2D eigenvalue weighted by molar-refractivity contribution is 7.89. The molecule has 2 atom stereocenters. The number of benzene rings is 1. The molecule has 1 saturated heterocycles. The van der Waals surface area contributed by atoms with Crippen LogP contribution in [0.15, 0.2) is 41.6 Å². The molecule has 0 unspecified atom stereocenters. The molecule has 1 aliphatic rings. The van der Waals surface area contributed by atoms with Crippen LogP contribution in [0.1, 0.15) is 32.6 Å². The standard InChI is InChI=1S/C19H27N3O3S/c1-2-16-7-3-4-11-22(16)14-17(23)13-21-26(24,25)19-8-5-6-15-12-20-10-9-18(15)19/h5-6,8-10,12,16-17,21,23H,2-4,7,11,13-14H2,1H3/t16-,17-/m0/s1. The SMILES string of the molecule is CC[C@H]1CCCCN1C[C@@H](O)CNS(=O)(=O)c1cccc2cnccc12. The van der Waals surface area contributed by atoms with E-state index in [1.54, 1.807) is 30.6 Å². The molecule has 0 aliphatic carbocycles. The van der Waals surface area contributed by atoms with Crippen LogP contribution in [-0.4, -0.2) is 55.2 Å². The number of fused-ring (bicyclic) bond motifs is 1. The molecule has 2 N–H and O–H groups in total. The lowest BCUT2D eigenvalue weighted by atomic mass is 9.99. The average molecular weight is 378 g/mol. The minimum absolute atomic E-state index is 0.0107. The maximum atomic E-state index is 12.7. The second kappa shape index (κ2) is 8.43. The second-order valence-corrected chi connectivity index (χ2v) is 8.65. The first kappa shape index (κ1) is 19.2. The number of likely N-dealkylation sites (tertiary alicyclic amines) is 1. The Balaban J connectivity index is 1.66. The molecule has 2 aromatic rings. The van der Waals surface area contributed by atoms with Gasteiger partial charge in [0, 0.05) is 42.3 Å². The van der Waals surface area contributed by atoms with E-state index >= 15 is 0 Å². The molecule has 1 fully saturated rings. The lowest BCUT2D eigenvalue weighted by Gasteiger charge is -2.36. The van der Waals surface area contributed by atoms with Gasteiger partial charge in [0.15, 0.2) is 0 Å². The van der Waals surface area contributed by atoms with E-state index < -0.39 is 16.1 Å². The number of nitrogens with zero attached hydrogens (tertiary/aromatic N) is 2. The predicted octanol–water partition coefficient (Wildman–Crippen LogP) is 2.14. The number of aliphatic hydroxyl groups excluding tert-OH is 1. The van der Waals surface area contributed by atoms with Crippen molar-refractivity contribution in [1.82, 2.24) is 14.6 Å². The minimum atomic E-state index is -3.70. The molecular formula is C19H27N3O3S. The maximum absolute atomic E-state index is 12.7. The van der Waals surface area contributed by atoms with E-state index in [1.807, 2.05) is 6.07 Å². The molecule has 0 spiro atoms. The van der Waals surface area contributed by atoms with Gasteiger partial charge in [0.25, 0.3) is 0 Å². The van der Waals surface area contributed by atoms with Gasteiger partial charge in [0.05, 0.1) is 11.0 Å². The average Bonchev–Trinajstić information content (AvgIpc) is 2.66. The third-order valence-electron chi connectivity index (χ3n) is 5.10. The lowest BCUT2D eigenvalue weighted by molar-refractivity contribution is 0.0683. The molecule has 2 heterocycles. The van der Waals surface area contributed by atoms with Crippen LogP contribution < -0.4 is 4.72 Å². The zero-order valence-electron chi connectivity index (χ0n) is 15.1. The number of β-amino-alcohol motifs (C(OH)–C–C–N with tert-alkyl or cyclic N) is 1. The van der Waals surface area contributed by atoms with E-state index in [-0.39, 0.29) is 11.4 Å². The van der Waals surface area contributed by atoms with Gasteiger partial charge in [0.1, 0.15) is 0 Å². The van der Waals surface area contributed by atoms with Crippen molar-refractivity contribution in [2.24, 2.45) is 0 Å². The van der Waals surface area contributed by atoms with Crippen molar-refractivity contribution in [3.05, 3.63) is 36.7 Å². The van der Waals surface area contributed by atoms with Crippen LogP contribution in [0, 0.1) is 0 Å². The molecule has 1 aliphatic heterocycles. The van der Waals surface area contributed by atoms with Crippen LogP contribution in [0.25, 0.3) is 10.8 Å². The van der Waals surface area contributed by atoms with Crippen LogP contribution in [0.2, 0.25) is 0 Å². The Morgan fingerprint density at radius 1 is 1.35 bits per heavy atom. The number of hydrogen-bond donors (Lipinski definition) is 2. The van der Waals surface area contributed by atoms with Gasteiger partial charge in [-0.1, -0.05) is 25.5 Å². The van der Waals surface area contributed by atoms with Crippen molar-refractivity contribution >= 4 is 20.8 Å². The number of sulfonamides is 1. The topological polar surface area (TPSA) is 82.5 Å². The molecule has 0 saturated carbocycles. The van der Waals surface area contributed by atoms with E-state index in [0.29, 0.717) is 18.0 Å². The fraction of sp³-hybridized carbons (Fsp3) is 0.526. The number of pyridine rings is 1. The van der Waals surface area contributed by atoms with Crippen LogP contribution in [-0.2, 0) is 10.0 Å². The van der Waals surface area contributed by atoms with Gasteiger partial charge in [-0.2, -0.15) is 0 Å². The summed E-state index contributed by atoms with van der Waals surface area (Å²) in [5, 5.41) is 11.8. The van der Waals surface area contributed by atoms with Crippen LogP contribution >= 0.6 is 0 Å². The summed E-state index contributed by atoms with van der Waals surface area (Å²) in [5.74, 6) is 0. The molecule has 1 aromatic carbocycles. The van der Waals surface area contributed by atoms with Crippen molar-refractivity contribution < 1.29 is 13.5 Å². The molecule has 0 radical (unpaired) electrons. The van der Waals surface area contributed by atoms with Crippen LogP contribution in [0.4, 0.5) is 0 Å². The third-order valence-corrected chi connectivity index (χ3v) is 6.59. The first-order chi connectivity index (χ1) is 12.5. The molecular weight excluding hydrogens is 350 g/mol. The van der Waals surface area contributed by atoms with Crippen LogP contribution in [0.5, 0.6) is 0 Å². The molecule has 1 aromatic heterocycles. The number of piperidine rings is 1. The Morgan fingerprint density at radius 3 is 3.00 bits per heavy atom. The highest BCUT2D eigenvalue weighted by Gasteiger charge is 2.24. The summed E-state index contributed by atoms with van der Waals surface area (Å²) in [6, 6.07) is 7.29. The minimum Gasteiger partial charge on any atom is -0.390 e. The summed E-state index contributed by atoms with van der Waals surface area (Å²) in [6.07, 6.45) is 7.07. The van der Waals surface area contributed by atoms with E-state index in [1.165, 1.54) is 6.42 Å². The first-order valence-corrected chi connectivity index (χ1v) is 10.7. The van der Waals surface area contributed by atoms with Crippen LogP contribution in [0.3, 0.4) is 0 Å². The number of rotatable bonds is 7. The van der Waals surface area contributed by atoms with Crippen molar-refractivity contribution in [3.8, 4) is 0 Å². The predicted molar refractivity (Wildman–Crippen MR) is 102 cm³/mol. The number of aromatic nitrogens is 1. The van der Waals surface area contributed by atoms with E-state index in [2.05, 4.69) is 21.5 Å². The third kappa shape index (κ3) is 4.40. The van der Waals surface area contributed by atoms with Gasteiger partial charge in [-0.05, 0) is 37.9 Å². The Kier molecular flexibility index (Phi) is 6.24. The van der Waals surface area contributed by atoms with Crippen molar-refractivity contribution in [3.63, 3.8) is 0 Å². The highest BCUT2D eigenvalue weighted by Crippen LogP contribution is 2.22. The summed E-state index contributed by atoms with van der Waals surface area (Å²) in [7, 11) is -3.70. The zero-order chi connectivity index (χ0) is 18.6. The quantitative estimate of drug-likeness (QED) is 0.772. The molecule has 7 heteroatoms. The van der Waals surface area contributed by atoms with Crippen molar-refractivity contribution in [2.45, 2.75) is 49.6 Å². The second-order valence-electron chi connectivity index (χ2n) is 6.91. The van der Waals surface area contributed by atoms with Gasteiger partial charge >= 0.3 is 0 Å². The zero-order valence-corrected chi connectivity index (χ0v) is 16.0. The summed E-state index contributed by atoms with van der Waals surface area (Å²) in [5.41, 5.74) is 0. The fourth-order valence-corrected chi connectivity index (χ4v) is 5.01. The maximum Gasteiger partial charge on any atom is 0.241 e. The Labute approximate surface area is 155 Å². The van der Waals surface area contributed by atoms with Gasteiger partial charge in [-0.3, -0.25) is 9.88 Å². The van der Waals surface area contributed by atoms with E-state index in [0.717, 1.165) is 31.2 Å². The largest absolute Gasteiger partial charge is 0.390 e. The number of aliphatic hydroxyl groups is 1. The highest BCUT2D eigenvalue weighted by atomic mass is 32.2. The number of hydrogen-bond acceptors (Lipinski definition) is 5. The van der Waals surface area contributed by atoms with E-state index in [4.69, 9.17) is 0 Å². The molecule has 26 heavy (non-hydrogen) atoms. The van der Waals surface area contributed by atoms with Crippen molar-refractivity contribution in [1.29, 1.82) is 0 Å². The Morgan fingerprint density at radius 2 is 2.19 bits per heavy atom. The Hall–Kier alpha value is -1.54. The molecule has 6 nitrogen and oxygen atoms in total. The van der Waals surface area contributed by atoms with Gasteiger partial charge < -0.3 is 5.11 Å². The molecule has 142 valence electrons. The van der Waals surface area contributed by atoms with Gasteiger partial charge in [-0.25, -0.2) is 13.1 Å². The normalized spacial score (nSPS) is 20.3. The number of nitrogens with one attached hydrogen (secondary N) is 1. The lowest BCUT2D eigenvalue weighted by Crippen LogP contribution is -2.46. The summed E-state index contributed by atoms with van der Waals surface area (Å²) in [6.45, 7) is 3.64. The monoisotopic (exact) mass is 377 g/mol. The smallest absolute Gasteiger partial charge is 0.241 e. The first-order valence-electron chi connectivity index (χ1n) is 9.26. The van der Waals surface area contributed by atoms with Crippen molar-refractivity contribution in [2.75, 3.05) is 19.6 Å². The van der Waals surface area contributed by atoms with E-state index in [9.17, 15) is 13.5 Å². The summed E-state index contributed by atoms with van der Waals surface area (Å²) >= 11 is 0.